The Labute approximate surface area is 150 Å². The predicted molar refractivity (Wildman–Crippen MR) is 98.9 cm³/mol. The zero-order valence-corrected chi connectivity index (χ0v) is 15.8. The lowest BCUT2D eigenvalue weighted by molar-refractivity contribution is -0.144. The molecule has 0 aromatic heterocycles. The first-order valence-corrected chi connectivity index (χ1v) is 8.79. The number of carbonyl (C=O) groups is 2. The Kier molecular flexibility index (Phi) is 6.28. The Hall–Kier alpha value is -2.24. The molecular formula is C19H29N3O3. The quantitative estimate of drug-likeness (QED) is 0.849. The first kappa shape index (κ1) is 19.1. The number of ether oxygens (including phenoxy) is 1. The van der Waals surface area contributed by atoms with Crippen LogP contribution >= 0.6 is 0 Å². The van der Waals surface area contributed by atoms with E-state index in [2.05, 4.69) is 42.3 Å². The largest absolute Gasteiger partial charge is 0.467 e. The molecule has 1 saturated heterocycles. The normalized spacial score (nSPS) is 15.9. The number of rotatable bonds is 4. The first-order chi connectivity index (χ1) is 11.8. The number of nitrogens with one attached hydrogen (secondary N) is 1. The number of esters is 1. The number of nitrogens with zero attached hydrogens (tertiary/aromatic N) is 2. The van der Waals surface area contributed by atoms with Crippen molar-refractivity contribution in [1.29, 1.82) is 0 Å². The zero-order chi connectivity index (χ0) is 18.6. The van der Waals surface area contributed by atoms with Crippen LogP contribution in [0.3, 0.4) is 0 Å². The van der Waals surface area contributed by atoms with E-state index in [0.29, 0.717) is 13.1 Å². The molecule has 0 saturated carbocycles. The summed E-state index contributed by atoms with van der Waals surface area (Å²) < 4.78 is 4.78. The molecule has 1 aromatic rings. The van der Waals surface area contributed by atoms with Crippen molar-refractivity contribution in [3.8, 4) is 0 Å². The third-order valence-electron chi connectivity index (χ3n) is 4.88. The van der Waals surface area contributed by atoms with Crippen LogP contribution in [0.25, 0.3) is 0 Å². The highest BCUT2D eigenvalue weighted by molar-refractivity contribution is 5.84. The second kappa shape index (κ2) is 8.23. The van der Waals surface area contributed by atoms with Crippen molar-refractivity contribution < 1.29 is 14.3 Å². The van der Waals surface area contributed by atoms with Crippen LogP contribution in [0.4, 0.5) is 10.5 Å². The molecule has 0 bridgehead atoms. The maximum atomic E-state index is 12.5. The van der Waals surface area contributed by atoms with Crippen LogP contribution in [0, 0.1) is 19.8 Å². The first-order valence-electron chi connectivity index (χ1n) is 8.79. The topological polar surface area (TPSA) is 61.9 Å². The van der Waals surface area contributed by atoms with Gasteiger partial charge in [0.15, 0.2) is 0 Å². The van der Waals surface area contributed by atoms with Crippen molar-refractivity contribution in [3.63, 3.8) is 0 Å². The Morgan fingerprint density at radius 1 is 1.12 bits per heavy atom. The van der Waals surface area contributed by atoms with Crippen molar-refractivity contribution in [2.24, 2.45) is 5.92 Å². The summed E-state index contributed by atoms with van der Waals surface area (Å²) in [5, 5.41) is 2.81. The molecule has 25 heavy (non-hydrogen) atoms. The monoisotopic (exact) mass is 347 g/mol. The van der Waals surface area contributed by atoms with E-state index in [4.69, 9.17) is 4.74 Å². The van der Waals surface area contributed by atoms with Crippen LogP contribution in [-0.2, 0) is 9.53 Å². The van der Waals surface area contributed by atoms with E-state index in [-0.39, 0.29) is 11.9 Å². The molecule has 1 heterocycles. The molecule has 2 amide bonds. The van der Waals surface area contributed by atoms with Gasteiger partial charge in [0.1, 0.15) is 6.04 Å². The summed E-state index contributed by atoms with van der Waals surface area (Å²) in [6.07, 6.45) is 0. The molecule has 1 unspecified atom stereocenters. The molecule has 1 fully saturated rings. The predicted octanol–water partition coefficient (Wildman–Crippen LogP) is 2.33. The highest BCUT2D eigenvalue weighted by Gasteiger charge is 2.29. The Morgan fingerprint density at radius 2 is 1.76 bits per heavy atom. The number of amides is 2. The van der Waals surface area contributed by atoms with Crippen molar-refractivity contribution in [1.82, 2.24) is 10.2 Å². The van der Waals surface area contributed by atoms with Crippen LogP contribution in [-0.4, -0.2) is 56.2 Å². The van der Waals surface area contributed by atoms with E-state index in [1.165, 1.54) is 23.9 Å². The summed E-state index contributed by atoms with van der Waals surface area (Å²) in [4.78, 5) is 28.4. The van der Waals surface area contributed by atoms with Crippen molar-refractivity contribution in [2.75, 3.05) is 38.2 Å². The number of piperazine rings is 1. The van der Waals surface area contributed by atoms with E-state index >= 15 is 0 Å². The fourth-order valence-corrected chi connectivity index (χ4v) is 3.08. The average Bonchev–Trinajstić information content (AvgIpc) is 2.61. The molecule has 1 N–H and O–H groups in total. The van der Waals surface area contributed by atoms with Gasteiger partial charge in [0.05, 0.1) is 7.11 Å². The van der Waals surface area contributed by atoms with E-state index in [1.807, 2.05) is 13.8 Å². The molecule has 0 aliphatic carbocycles. The average molecular weight is 347 g/mol. The lowest BCUT2D eigenvalue weighted by Crippen LogP contribution is -2.56. The van der Waals surface area contributed by atoms with Gasteiger partial charge in [-0.05, 0) is 37.0 Å². The molecule has 6 nitrogen and oxygen atoms in total. The SMILES string of the molecule is COC(=O)C(NC(=O)N1CCN(c2cccc(C)c2C)CC1)C(C)C. The van der Waals surface area contributed by atoms with Gasteiger partial charge in [0, 0.05) is 31.9 Å². The van der Waals surface area contributed by atoms with Gasteiger partial charge in [-0.3, -0.25) is 0 Å². The standard InChI is InChI=1S/C19H29N3O3/c1-13(2)17(18(23)25-5)20-19(24)22-11-9-21(10-12-22)16-8-6-7-14(3)15(16)4/h6-8,13,17H,9-12H2,1-5H3,(H,20,24). The Bertz CT molecular complexity index is 622. The number of anilines is 1. The number of urea groups is 1. The minimum absolute atomic E-state index is 0.0207. The maximum Gasteiger partial charge on any atom is 0.328 e. The Balaban J connectivity index is 1.96. The molecule has 138 valence electrons. The number of benzene rings is 1. The fraction of sp³-hybridized carbons (Fsp3) is 0.579. The molecule has 1 atom stereocenters. The molecule has 0 spiro atoms. The van der Waals surface area contributed by atoms with Crippen molar-refractivity contribution in [2.45, 2.75) is 33.7 Å². The number of aryl methyl sites for hydroxylation is 1. The van der Waals surface area contributed by atoms with Gasteiger partial charge in [-0.2, -0.15) is 0 Å². The maximum absolute atomic E-state index is 12.5. The summed E-state index contributed by atoms with van der Waals surface area (Å²) in [5.74, 6) is -0.426. The minimum Gasteiger partial charge on any atom is -0.467 e. The molecule has 6 heteroatoms. The van der Waals surface area contributed by atoms with Crippen LogP contribution in [0.2, 0.25) is 0 Å². The number of carbonyl (C=O) groups excluding carboxylic acids is 2. The third-order valence-corrected chi connectivity index (χ3v) is 4.88. The van der Waals surface area contributed by atoms with Gasteiger partial charge in [0.25, 0.3) is 0 Å². The lowest BCUT2D eigenvalue weighted by Gasteiger charge is -2.37. The summed E-state index contributed by atoms with van der Waals surface area (Å²) in [6.45, 7) is 10.8. The van der Waals surface area contributed by atoms with Gasteiger partial charge in [0.2, 0.25) is 0 Å². The van der Waals surface area contributed by atoms with Crippen molar-refractivity contribution in [3.05, 3.63) is 29.3 Å². The number of hydrogen-bond acceptors (Lipinski definition) is 4. The van der Waals surface area contributed by atoms with Crippen LogP contribution in [0.5, 0.6) is 0 Å². The van der Waals surface area contributed by atoms with Gasteiger partial charge in [-0.15, -0.1) is 0 Å². The van der Waals surface area contributed by atoms with Crippen LogP contribution in [0.15, 0.2) is 18.2 Å². The van der Waals surface area contributed by atoms with Gasteiger partial charge < -0.3 is 19.9 Å². The smallest absolute Gasteiger partial charge is 0.328 e. The zero-order valence-electron chi connectivity index (χ0n) is 15.8. The molecule has 0 radical (unpaired) electrons. The van der Waals surface area contributed by atoms with Gasteiger partial charge >= 0.3 is 12.0 Å². The van der Waals surface area contributed by atoms with E-state index in [0.717, 1.165) is 13.1 Å². The third kappa shape index (κ3) is 4.44. The summed E-state index contributed by atoms with van der Waals surface area (Å²) in [5.41, 5.74) is 3.79. The highest BCUT2D eigenvalue weighted by atomic mass is 16.5. The second-order valence-corrected chi connectivity index (χ2v) is 6.89. The molecule has 1 aromatic carbocycles. The molecule has 2 rings (SSSR count). The number of hydrogen-bond donors (Lipinski definition) is 1. The van der Waals surface area contributed by atoms with E-state index < -0.39 is 12.0 Å². The van der Waals surface area contributed by atoms with Crippen molar-refractivity contribution >= 4 is 17.7 Å². The molecular weight excluding hydrogens is 318 g/mol. The van der Waals surface area contributed by atoms with Crippen LogP contribution in [0.1, 0.15) is 25.0 Å². The second-order valence-electron chi connectivity index (χ2n) is 6.89. The molecule has 1 aliphatic rings. The van der Waals surface area contributed by atoms with E-state index in [9.17, 15) is 9.59 Å². The summed E-state index contributed by atoms with van der Waals surface area (Å²) in [7, 11) is 1.34. The van der Waals surface area contributed by atoms with Crippen LogP contribution < -0.4 is 10.2 Å². The van der Waals surface area contributed by atoms with Gasteiger partial charge in [-0.25, -0.2) is 9.59 Å². The lowest BCUT2D eigenvalue weighted by atomic mass is 10.1. The fourth-order valence-electron chi connectivity index (χ4n) is 3.08. The number of methoxy groups -OCH3 is 1. The van der Waals surface area contributed by atoms with Gasteiger partial charge in [-0.1, -0.05) is 26.0 Å². The summed E-state index contributed by atoms with van der Waals surface area (Å²) >= 11 is 0. The molecule has 1 aliphatic heterocycles. The minimum atomic E-state index is -0.616. The highest BCUT2D eigenvalue weighted by Crippen LogP contribution is 2.23. The Morgan fingerprint density at radius 3 is 2.32 bits per heavy atom. The summed E-state index contributed by atoms with van der Waals surface area (Å²) in [6, 6.07) is 5.49. The van der Waals surface area contributed by atoms with E-state index in [1.54, 1.807) is 4.90 Å².